The van der Waals surface area contributed by atoms with E-state index in [4.69, 9.17) is 0 Å². The zero-order chi connectivity index (χ0) is 13.8. The second kappa shape index (κ2) is 6.68. The van der Waals surface area contributed by atoms with Gasteiger partial charge in [0.15, 0.2) is 4.34 Å². The Morgan fingerprint density at radius 1 is 1.26 bits per heavy atom. The van der Waals surface area contributed by atoms with Crippen LogP contribution in [0.5, 0.6) is 0 Å². The molecule has 0 atom stereocenters. The number of thiazole rings is 1. The summed E-state index contributed by atoms with van der Waals surface area (Å²) in [5, 5.41) is 0. The zero-order valence-electron chi connectivity index (χ0n) is 12.0. The summed E-state index contributed by atoms with van der Waals surface area (Å²) in [5.41, 5.74) is 1.01. The fourth-order valence-electron chi connectivity index (χ4n) is 2.16. The number of rotatable bonds is 6. The van der Waals surface area contributed by atoms with Crippen LogP contribution >= 0.6 is 23.1 Å². The summed E-state index contributed by atoms with van der Waals surface area (Å²) in [6.07, 6.45) is 1.83. The number of pyridine rings is 1. The Balaban J connectivity index is 1.91. The third-order valence-corrected chi connectivity index (χ3v) is 5.15. The highest BCUT2D eigenvalue weighted by Crippen LogP contribution is 2.28. The van der Waals surface area contributed by atoms with Gasteiger partial charge in [-0.1, -0.05) is 23.1 Å². The molecule has 2 aromatic rings. The van der Waals surface area contributed by atoms with Crippen molar-refractivity contribution in [2.45, 2.75) is 44.1 Å². The summed E-state index contributed by atoms with van der Waals surface area (Å²) in [4.78, 5) is 12.5. The lowest BCUT2D eigenvalue weighted by Gasteiger charge is -2.30. The van der Waals surface area contributed by atoms with Gasteiger partial charge >= 0.3 is 0 Å². The molecule has 0 amide bonds. The highest BCUT2D eigenvalue weighted by molar-refractivity contribution is 8.01. The van der Waals surface area contributed by atoms with Crippen molar-refractivity contribution < 1.29 is 0 Å². The van der Waals surface area contributed by atoms with Gasteiger partial charge in [0, 0.05) is 30.6 Å². The van der Waals surface area contributed by atoms with Crippen molar-refractivity contribution in [3.8, 4) is 0 Å². The highest BCUT2D eigenvalue weighted by atomic mass is 32.2. The number of fused-ring (bicyclic) bond motifs is 1. The molecule has 3 nitrogen and oxygen atoms in total. The summed E-state index contributed by atoms with van der Waals surface area (Å²) in [5.74, 6) is 1.08. The Morgan fingerprint density at radius 3 is 2.63 bits per heavy atom. The van der Waals surface area contributed by atoms with Crippen LogP contribution in [0.3, 0.4) is 0 Å². The highest BCUT2D eigenvalue weighted by Gasteiger charge is 2.13. The quantitative estimate of drug-likeness (QED) is 0.756. The lowest BCUT2D eigenvalue weighted by atomic mass is 10.2. The maximum Gasteiger partial charge on any atom is 0.152 e. The first kappa shape index (κ1) is 14.8. The van der Waals surface area contributed by atoms with Gasteiger partial charge < -0.3 is 0 Å². The van der Waals surface area contributed by atoms with Crippen molar-refractivity contribution >= 4 is 33.4 Å². The van der Waals surface area contributed by atoms with E-state index in [0.29, 0.717) is 12.1 Å². The van der Waals surface area contributed by atoms with Gasteiger partial charge in [-0.05, 0) is 39.8 Å². The second-order valence-corrected chi connectivity index (χ2v) is 7.40. The average Bonchev–Trinajstić information content (AvgIpc) is 2.76. The fraction of sp³-hybridized carbons (Fsp3) is 0.571. The molecule has 0 spiro atoms. The minimum Gasteiger partial charge on any atom is -0.298 e. The summed E-state index contributed by atoms with van der Waals surface area (Å²) < 4.78 is 1.13. The maximum absolute atomic E-state index is 4.60. The smallest absolute Gasteiger partial charge is 0.152 e. The standard InChI is InChI=1S/C14H21N3S2/c1-10(2)17(11(3)4)8-9-18-14-16-12-6-5-7-15-13(12)19-14/h5-7,10-11H,8-9H2,1-4H3. The van der Waals surface area contributed by atoms with E-state index < -0.39 is 0 Å². The molecule has 0 bridgehead atoms. The fourth-order valence-corrected chi connectivity index (χ4v) is 4.17. The molecule has 0 saturated heterocycles. The average molecular weight is 295 g/mol. The lowest BCUT2D eigenvalue weighted by Crippen LogP contribution is -2.38. The Morgan fingerprint density at radius 2 is 2.00 bits per heavy atom. The largest absolute Gasteiger partial charge is 0.298 e. The lowest BCUT2D eigenvalue weighted by molar-refractivity contribution is 0.187. The van der Waals surface area contributed by atoms with Gasteiger partial charge in [-0.25, -0.2) is 9.97 Å². The van der Waals surface area contributed by atoms with E-state index in [1.807, 2.05) is 30.1 Å². The number of aromatic nitrogens is 2. The molecule has 2 heterocycles. The predicted molar refractivity (Wildman–Crippen MR) is 85.1 cm³/mol. The normalized spacial score (nSPS) is 12.2. The molecule has 0 radical (unpaired) electrons. The molecule has 2 rings (SSSR count). The number of nitrogens with zero attached hydrogens (tertiary/aromatic N) is 3. The van der Waals surface area contributed by atoms with Crippen LogP contribution < -0.4 is 0 Å². The summed E-state index contributed by atoms with van der Waals surface area (Å²) in [6, 6.07) is 5.16. The van der Waals surface area contributed by atoms with Crippen LogP contribution in [-0.2, 0) is 0 Å². The Kier molecular flexibility index (Phi) is 5.19. The van der Waals surface area contributed by atoms with Gasteiger partial charge in [0.2, 0.25) is 0 Å². The summed E-state index contributed by atoms with van der Waals surface area (Å²) >= 11 is 3.52. The van der Waals surface area contributed by atoms with E-state index >= 15 is 0 Å². The first-order valence-corrected chi connectivity index (χ1v) is 8.48. The molecule has 2 aromatic heterocycles. The third kappa shape index (κ3) is 3.91. The molecule has 0 saturated carbocycles. The maximum atomic E-state index is 4.60. The minimum atomic E-state index is 0.595. The van der Waals surface area contributed by atoms with Crippen molar-refractivity contribution in [1.29, 1.82) is 0 Å². The van der Waals surface area contributed by atoms with E-state index in [2.05, 4.69) is 42.6 Å². The molecular formula is C14H21N3S2. The van der Waals surface area contributed by atoms with Crippen LogP contribution in [0.25, 0.3) is 10.3 Å². The minimum absolute atomic E-state index is 0.595. The molecule has 0 aliphatic carbocycles. The molecule has 19 heavy (non-hydrogen) atoms. The Labute approximate surface area is 123 Å². The first-order valence-electron chi connectivity index (χ1n) is 6.68. The summed E-state index contributed by atoms with van der Waals surface area (Å²) in [6.45, 7) is 10.1. The predicted octanol–water partition coefficient (Wildman–Crippen LogP) is 3.90. The van der Waals surface area contributed by atoms with Crippen LogP contribution in [0.2, 0.25) is 0 Å². The Bertz CT molecular complexity index is 481. The van der Waals surface area contributed by atoms with Crippen LogP contribution in [0.1, 0.15) is 27.7 Å². The van der Waals surface area contributed by atoms with E-state index in [1.165, 1.54) is 0 Å². The Hall–Kier alpha value is -0.650. The van der Waals surface area contributed by atoms with E-state index in [1.54, 1.807) is 11.3 Å². The van der Waals surface area contributed by atoms with Crippen molar-refractivity contribution in [3.63, 3.8) is 0 Å². The van der Waals surface area contributed by atoms with E-state index in [-0.39, 0.29) is 0 Å². The van der Waals surface area contributed by atoms with Gasteiger partial charge in [0.1, 0.15) is 10.3 Å². The number of hydrogen-bond donors (Lipinski definition) is 0. The van der Waals surface area contributed by atoms with E-state index in [9.17, 15) is 0 Å². The van der Waals surface area contributed by atoms with Gasteiger partial charge in [0.25, 0.3) is 0 Å². The van der Waals surface area contributed by atoms with Gasteiger partial charge in [0.05, 0.1) is 0 Å². The van der Waals surface area contributed by atoms with Crippen molar-refractivity contribution in [3.05, 3.63) is 18.3 Å². The molecule has 0 fully saturated rings. The second-order valence-electron chi connectivity index (χ2n) is 5.08. The molecule has 0 aromatic carbocycles. The molecule has 104 valence electrons. The van der Waals surface area contributed by atoms with Gasteiger partial charge in [-0.2, -0.15) is 0 Å². The first-order chi connectivity index (χ1) is 9.08. The monoisotopic (exact) mass is 295 g/mol. The summed E-state index contributed by atoms with van der Waals surface area (Å²) in [7, 11) is 0. The molecule has 0 aliphatic heterocycles. The zero-order valence-corrected chi connectivity index (χ0v) is 13.6. The number of hydrogen-bond acceptors (Lipinski definition) is 5. The molecule has 0 aliphatic rings. The van der Waals surface area contributed by atoms with Crippen molar-refractivity contribution in [2.75, 3.05) is 12.3 Å². The van der Waals surface area contributed by atoms with Crippen LogP contribution in [0, 0.1) is 0 Å². The number of thioether (sulfide) groups is 1. The van der Waals surface area contributed by atoms with Crippen LogP contribution in [-0.4, -0.2) is 39.2 Å². The van der Waals surface area contributed by atoms with Crippen LogP contribution in [0.4, 0.5) is 0 Å². The third-order valence-electron chi connectivity index (χ3n) is 3.05. The molecule has 0 unspecified atom stereocenters. The van der Waals surface area contributed by atoms with Crippen molar-refractivity contribution in [1.82, 2.24) is 14.9 Å². The van der Waals surface area contributed by atoms with Gasteiger partial charge in [-0.15, -0.1) is 0 Å². The molecular weight excluding hydrogens is 274 g/mol. The van der Waals surface area contributed by atoms with Crippen molar-refractivity contribution in [2.24, 2.45) is 0 Å². The SMILES string of the molecule is CC(C)N(CCSc1nc2cccnc2s1)C(C)C. The molecule has 5 heteroatoms. The van der Waals surface area contributed by atoms with Gasteiger partial charge in [-0.3, -0.25) is 4.90 Å². The van der Waals surface area contributed by atoms with Crippen LogP contribution in [0.15, 0.2) is 22.7 Å². The topological polar surface area (TPSA) is 29.0 Å². The molecule has 0 N–H and O–H groups in total. The van der Waals surface area contributed by atoms with E-state index in [0.717, 1.165) is 27.0 Å².